The van der Waals surface area contributed by atoms with E-state index in [4.69, 9.17) is 4.74 Å². The topological polar surface area (TPSA) is 94.8 Å². The molecular weight excluding hydrogens is 472 g/mol. The molecule has 0 unspecified atom stereocenters. The molecule has 0 aliphatic rings. The summed E-state index contributed by atoms with van der Waals surface area (Å²) in [6, 6.07) is 18.8. The third-order valence-corrected chi connectivity index (χ3v) is 6.86. The van der Waals surface area contributed by atoms with Crippen molar-refractivity contribution in [2.45, 2.75) is 27.7 Å². The van der Waals surface area contributed by atoms with Crippen LogP contribution in [0.25, 0.3) is 16.4 Å². The van der Waals surface area contributed by atoms with Gasteiger partial charge in [-0.15, -0.1) is 11.3 Å². The lowest BCUT2D eigenvalue weighted by molar-refractivity contribution is 0.103. The first-order chi connectivity index (χ1) is 17.4. The number of nitrogens with one attached hydrogen (secondary N) is 1. The number of ether oxygens (including phenoxy) is 1. The number of rotatable bonds is 6. The van der Waals surface area contributed by atoms with E-state index < -0.39 is 0 Å². The van der Waals surface area contributed by atoms with Crippen LogP contribution >= 0.6 is 11.3 Å². The van der Waals surface area contributed by atoms with Crippen molar-refractivity contribution in [3.05, 3.63) is 94.8 Å². The maximum Gasteiger partial charge on any atom is 0.267 e. The number of amides is 1. The summed E-state index contributed by atoms with van der Waals surface area (Å²) in [5.41, 5.74) is 4.30. The highest BCUT2D eigenvalue weighted by Crippen LogP contribution is 2.29. The molecule has 0 fully saturated rings. The number of carbonyl (C=O) groups is 1. The van der Waals surface area contributed by atoms with Crippen LogP contribution in [0.15, 0.2) is 67.0 Å². The lowest BCUT2D eigenvalue weighted by atomic mass is 10.2. The summed E-state index contributed by atoms with van der Waals surface area (Å²) < 4.78 is 7.88. The van der Waals surface area contributed by atoms with Gasteiger partial charge >= 0.3 is 0 Å². The molecule has 0 saturated heterocycles. The number of aromatic nitrogens is 5. The number of benzene rings is 2. The van der Waals surface area contributed by atoms with Gasteiger partial charge < -0.3 is 10.1 Å². The van der Waals surface area contributed by atoms with E-state index >= 15 is 0 Å². The monoisotopic (exact) mass is 496 g/mol. The number of imidazole rings is 1. The maximum absolute atomic E-state index is 12.9. The Hall–Kier alpha value is -4.37. The van der Waals surface area contributed by atoms with Gasteiger partial charge in [-0.1, -0.05) is 30.3 Å². The van der Waals surface area contributed by atoms with Crippen LogP contribution in [0, 0.1) is 27.7 Å². The molecule has 3 aromatic heterocycles. The maximum atomic E-state index is 12.9. The standard InChI is InChI=1S/C27H24N6O2S/c1-16-18(3)33(15-28-16)23-14-24(31-19(4)30-23)35-22-12-10-21(11-13-22)32-26(34)25-17(2)29-27(36-25)20-8-6-5-7-9-20/h5-15H,1-4H3,(H,32,34). The molecule has 8 nitrogen and oxygen atoms in total. The zero-order valence-electron chi connectivity index (χ0n) is 20.3. The average molecular weight is 497 g/mol. The van der Waals surface area contributed by atoms with Crippen LogP contribution in [0.3, 0.4) is 0 Å². The second-order valence-electron chi connectivity index (χ2n) is 8.28. The van der Waals surface area contributed by atoms with Gasteiger partial charge in [-0.2, -0.15) is 4.98 Å². The fourth-order valence-corrected chi connectivity index (χ4v) is 4.62. The van der Waals surface area contributed by atoms with Crippen LogP contribution in [0.5, 0.6) is 11.6 Å². The Labute approximate surface area is 212 Å². The Bertz CT molecular complexity index is 1540. The van der Waals surface area contributed by atoms with Crippen molar-refractivity contribution < 1.29 is 9.53 Å². The smallest absolute Gasteiger partial charge is 0.267 e. The normalized spacial score (nSPS) is 10.9. The fourth-order valence-electron chi connectivity index (χ4n) is 3.66. The van der Waals surface area contributed by atoms with Crippen LogP contribution < -0.4 is 10.1 Å². The van der Waals surface area contributed by atoms with E-state index in [1.807, 2.05) is 62.6 Å². The number of carbonyl (C=O) groups excluding carboxylic acids is 1. The molecule has 36 heavy (non-hydrogen) atoms. The summed E-state index contributed by atoms with van der Waals surface area (Å²) in [6.45, 7) is 7.61. The molecule has 0 atom stereocenters. The number of thiazole rings is 1. The first-order valence-corrected chi connectivity index (χ1v) is 12.2. The largest absolute Gasteiger partial charge is 0.439 e. The molecule has 1 amide bonds. The zero-order valence-corrected chi connectivity index (χ0v) is 21.1. The molecule has 3 heterocycles. The molecule has 1 N–H and O–H groups in total. The molecule has 2 aromatic carbocycles. The van der Waals surface area contributed by atoms with Gasteiger partial charge in [0.2, 0.25) is 5.88 Å². The average Bonchev–Trinajstić information content (AvgIpc) is 3.42. The summed E-state index contributed by atoms with van der Waals surface area (Å²) in [4.78, 5) is 31.3. The van der Waals surface area contributed by atoms with E-state index in [-0.39, 0.29) is 5.91 Å². The first kappa shape index (κ1) is 23.4. The second-order valence-corrected chi connectivity index (χ2v) is 9.28. The van der Waals surface area contributed by atoms with Gasteiger partial charge in [0.1, 0.15) is 33.6 Å². The molecule has 0 radical (unpaired) electrons. The number of hydrogen-bond donors (Lipinski definition) is 1. The van der Waals surface area contributed by atoms with Gasteiger partial charge in [-0.25, -0.2) is 15.0 Å². The SMILES string of the molecule is Cc1nc(Oc2ccc(NC(=O)c3sc(-c4ccccc4)nc3C)cc2)cc(-n2cnc(C)c2C)n1. The molecule has 0 bridgehead atoms. The van der Waals surface area contributed by atoms with Crippen molar-refractivity contribution in [2.75, 3.05) is 5.32 Å². The van der Waals surface area contributed by atoms with Crippen LogP contribution in [0.2, 0.25) is 0 Å². The Kier molecular flexibility index (Phi) is 6.30. The van der Waals surface area contributed by atoms with Crippen molar-refractivity contribution >= 4 is 22.9 Å². The molecule has 0 saturated carbocycles. The first-order valence-electron chi connectivity index (χ1n) is 11.4. The summed E-state index contributed by atoms with van der Waals surface area (Å²) in [6.07, 6.45) is 1.74. The summed E-state index contributed by atoms with van der Waals surface area (Å²) >= 11 is 1.38. The molecule has 0 aliphatic carbocycles. The van der Waals surface area contributed by atoms with Crippen molar-refractivity contribution in [1.29, 1.82) is 0 Å². The van der Waals surface area contributed by atoms with E-state index in [0.29, 0.717) is 39.5 Å². The molecule has 5 aromatic rings. The number of aryl methyl sites for hydroxylation is 3. The molecule has 5 rings (SSSR count). The van der Waals surface area contributed by atoms with Crippen LogP contribution in [-0.2, 0) is 0 Å². The van der Waals surface area contributed by atoms with Gasteiger partial charge in [-0.05, 0) is 52.0 Å². The lowest BCUT2D eigenvalue weighted by Gasteiger charge is -2.10. The Morgan fingerprint density at radius 2 is 1.67 bits per heavy atom. The van der Waals surface area contributed by atoms with Crippen LogP contribution in [0.1, 0.15) is 32.6 Å². The highest BCUT2D eigenvalue weighted by Gasteiger charge is 2.17. The van der Waals surface area contributed by atoms with E-state index in [2.05, 4.69) is 25.3 Å². The molecule has 9 heteroatoms. The van der Waals surface area contributed by atoms with Crippen molar-refractivity contribution in [2.24, 2.45) is 0 Å². The zero-order chi connectivity index (χ0) is 25.2. The molecular formula is C27H24N6O2S. The number of hydrogen-bond acceptors (Lipinski definition) is 7. The minimum absolute atomic E-state index is 0.192. The number of nitrogens with zero attached hydrogens (tertiary/aromatic N) is 5. The van der Waals surface area contributed by atoms with E-state index in [1.54, 1.807) is 36.7 Å². The minimum Gasteiger partial charge on any atom is -0.439 e. The highest BCUT2D eigenvalue weighted by molar-refractivity contribution is 7.17. The van der Waals surface area contributed by atoms with Gasteiger partial charge in [0.05, 0.1) is 11.4 Å². The lowest BCUT2D eigenvalue weighted by Crippen LogP contribution is -2.11. The molecule has 180 valence electrons. The Morgan fingerprint density at radius 3 is 2.36 bits per heavy atom. The van der Waals surface area contributed by atoms with E-state index in [1.165, 1.54) is 11.3 Å². The van der Waals surface area contributed by atoms with Crippen molar-refractivity contribution in [1.82, 2.24) is 24.5 Å². The highest BCUT2D eigenvalue weighted by atomic mass is 32.1. The van der Waals surface area contributed by atoms with Gasteiger partial charge in [0, 0.05) is 23.0 Å². The quantitative estimate of drug-likeness (QED) is 0.307. The van der Waals surface area contributed by atoms with Gasteiger partial charge in [0.25, 0.3) is 5.91 Å². The summed E-state index contributed by atoms with van der Waals surface area (Å²) in [5.74, 6) is 2.11. The predicted molar refractivity (Wildman–Crippen MR) is 140 cm³/mol. The van der Waals surface area contributed by atoms with Gasteiger partial charge in [0.15, 0.2) is 0 Å². The second kappa shape index (κ2) is 9.71. The van der Waals surface area contributed by atoms with Crippen LogP contribution in [0.4, 0.5) is 5.69 Å². The predicted octanol–water partition coefficient (Wildman–Crippen LogP) is 6.06. The van der Waals surface area contributed by atoms with Crippen molar-refractivity contribution in [3.63, 3.8) is 0 Å². The third kappa shape index (κ3) is 4.87. The van der Waals surface area contributed by atoms with E-state index in [0.717, 1.165) is 22.0 Å². The van der Waals surface area contributed by atoms with E-state index in [9.17, 15) is 4.79 Å². The Balaban J connectivity index is 1.29. The van der Waals surface area contributed by atoms with Gasteiger partial charge in [-0.3, -0.25) is 9.36 Å². The van der Waals surface area contributed by atoms with Crippen molar-refractivity contribution in [3.8, 4) is 28.0 Å². The minimum atomic E-state index is -0.192. The number of anilines is 1. The summed E-state index contributed by atoms with van der Waals surface area (Å²) in [5, 5.41) is 3.77. The summed E-state index contributed by atoms with van der Waals surface area (Å²) in [7, 11) is 0. The third-order valence-electron chi connectivity index (χ3n) is 5.66. The fraction of sp³-hybridized carbons (Fsp3) is 0.148. The Morgan fingerprint density at radius 1 is 0.917 bits per heavy atom. The molecule has 0 aliphatic heterocycles. The molecule has 0 spiro atoms. The van der Waals surface area contributed by atoms with Crippen LogP contribution in [-0.4, -0.2) is 30.4 Å².